The minimum absolute atomic E-state index is 0.791. The van der Waals surface area contributed by atoms with E-state index in [4.69, 9.17) is 0 Å². The second-order valence-corrected chi connectivity index (χ2v) is 8.79. The molecule has 0 bridgehead atoms. The molecule has 2 heterocycles. The minimum Gasteiger partial charge on any atom is -0.369 e. The molecule has 3 aromatic carbocycles. The monoisotopic (exact) mass is 422 g/mol. The zero-order valence-corrected chi connectivity index (χ0v) is 18.5. The van der Waals surface area contributed by atoms with Crippen LogP contribution in [0.2, 0.25) is 0 Å². The Labute approximate surface area is 190 Å². The maximum Gasteiger partial charge on any atom is 0.148 e. The Morgan fingerprint density at radius 2 is 1.56 bits per heavy atom. The smallest absolute Gasteiger partial charge is 0.148 e. The van der Waals surface area contributed by atoms with Gasteiger partial charge in [-0.1, -0.05) is 66.7 Å². The van der Waals surface area contributed by atoms with Gasteiger partial charge in [0.25, 0.3) is 0 Å². The first-order valence-corrected chi connectivity index (χ1v) is 11.7. The van der Waals surface area contributed by atoms with Crippen LogP contribution in [0.25, 0.3) is 22.0 Å². The lowest BCUT2D eigenvalue weighted by Crippen LogP contribution is -2.33. The van der Waals surface area contributed by atoms with Crippen LogP contribution in [-0.2, 0) is 6.54 Å². The second kappa shape index (κ2) is 9.92. The third-order valence-electron chi connectivity index (χ3n) is 6.52. The van der Waals surface area contributed by atoms with Crippen molar-refractivity contribution in [2.45, 2.75) is 25.8 Å². The van der Waals surface area contributed by atoms with Gasteiger partial charge >= 0.3 is 0 Å². The van der Waals surface area contributed by atoms with Crippen molar-refractivity contribution < 1.29 is 0 Å². The molecule has 5 rings (SSSR count). The van der Waals surface area contributed by atoms with Gasteiger partial charge in [-0.25, -0.2) is 0 Å². The fraction of sp³-hybridized carbons (Fsp3) is 0.286. The second-order valence-electron chi connectivity index (χ2n) is 8.79. The molecule has 4 nitrogen and oxygen atoms in total. The zero-order chi connectivity index (χ0) is 21.6. The highest BCUT2D eigenvalue weighted by Crippen LogP contribution is 2.24. The maximum atomic E-state index is 4.45. The SMILES string of the molecule is c1ccc(CN2CCC(CCNc3ccc(-c4ccc5ccccc5c4)nn3)CC2)cc1. The fourth-order valence-corrected chi connectivity index (χ4v) is 4.61. The molecule has 4 aromatic rings. The van der Waals surface area contributed by atoms with Gasteiger partial charge in [0, 0.05) is 18.7 Å². The van der Waals surface area contributed by atoms with Gasteiger partial charge in [-0.15, -0.1) is 10.2 Å². The molecule has 1 aromatic heterocycles. The molecule has 0 atom stereocenters. The molecule has 0 saturated carbocycles. The van der Waals surface area contributed by atoms with Crippen molar-refractivity contribution in [3.63, 3.8) is 0 Å². The van der Waals surface area contributed by atoms with E-state index in [9.17, 15) is 0 Å². The molecular formula is C28H30N4. The normalized spacial score (nSPS) is 15.1. The van der Waals surface area contributed by atoms with Crippen LogP contribution in [0.3, 0.4) is 0 Å². The van der Waals surface area contributed by atoms with E-state index in [1.807, 2.05) is 6.07 Å². The molecule has 1 aliphatic heterocycles. The molecule has 4 heteroatoms. The van der Waals surface area contributed by atoms with E-state index in [1.165, 1.54) is 48.7 Å². The zero-order valence-electron chi connectivity index (χ0n) is 18.5. The molecule has 0 aliphatic carbocycles. The van der Waals surface area contributed by atoms with Crippen LogP contribution in [0.4, 0.5) is 5.82 Å². The molecule has 0 amide bonds. The highest BCUT2D eigenvalue weighted by Gasteiger charge is 2.19. The number of piperidine rings is 1. The van der Waals surface area contributed by atoms with Crippen LogP contribution in [-0.4, -0.2) is 34.7 Å². The lowest BCUT2D eigenvalue weighted by Gasteiger charge is -2.32. The number of likely N-dealkylation sites (tertiary alicyclic amines) is 1. The standard InChI is InChI=1S/C28H30N4/c1-2-6-23(7-3-1)21-32-18-15-22(16-19-32)14-17-29-28-13-12-27(30-31-28)26-11-10-24-8-4-5-9-25(24)20-26/h1-13,20,22H,14-19,21H2,(H,29,31). The van der Waals surface area contributed by atoms with Gasteiger partial charge in [-0.3, -0.25) is 4.90 Å². The Kier molecular flexibility index (Phi) is 6.40. The maximum absolute atomic E-state index is 4.45. The minimum atomic E-state index is 0.791. The Bertz CT molecular complexity index is 1130. The number of aromatic nitrogens is 2. The number of hydrogen-bond donors (Lipinski definition) is 1. The van der Waals surface area contributed by atoms with Crippen molar-refractivity contribution in [3.05, 3.63) is 90.5 Å². The van der Waals surface area contributed by atoms with E-state index in [0.717, 1.165) is 36.1 Å². The average Bonchev–Trinajstić information content (AvgIpc) is 2.86. The number of nitrogens with one attached hydrogen (secondary N) is 1. The Balaban J connectivity index is 1.08. The van der Waals surface area contributed by atoms with Gasteiger partial charge in [0.1, 0.15) is 5.82 Å². The van der Waals surface area contributed by atoms with Gasteiger partial charge in [0.15, 0.2) is 0 Å². The van der Waals surface area contributed by atoms with E-state index in [1.54, 1.807) is 0 Å². The van der Waals surface area contributed by atoms with Crippen LogP contribution in [0.5, 0.6) is 0 Å². The molecule has 0 unspecified atom stereocenters. The summed E-state index contributed by atoms with van der Waals surface area (Å²) in [5.41, 5.74) is 3.43. The third kappa shape index (κ3) is 5.14. The lowest BCUT2D eigenvalue weighted by molar-refractivity contribution is 0.174. The fourth-order valence-electron chi connectivity index (χ4n) is 4.61. The number of fused-ring (bicyclic) bond motifs is 1. The number of hydrogen-bond acceptors (Lipinski definition) is 4. The third-order valence-corrected chi connectivity index (χ3v) is 6.52. The van der Waals surface area contributed by atoms with Crippen LogP contribution in [0.15, 0.2) is 84.9 Å². The highest BCUT2D eigenvalue weighted by molar-refractivity contribution is 5.86. The van der Waals surface area contributed by atoms with Crippen LogP contribution < -0.4 is 5.32 Å². The van der Waals surface area contributed by atoms with Gasteiger partial charge < -0.3 is 5.32 Å². The van der Waals surface area contributed by atoms with Crippen molar-refractivity contribution in [3.8, 4) is 11.3 Å². The predicted molar refractivity (Wildman–Crippen MR) is 133 cm³/mol. The lowest BCUT2D eigenvalue weighted by atomic mass is 9.93. The molecule has 32 heavy (non-hydrogen) atoms. The molecule has 1 aliphatic rings. The molecule has 0 spiro atoms. The van der Waals surface area contributed by atoms with Crippen LogP contribution in [0, 0.1) is 5.92 Å². The van der Waals surface area contributed by atoms with Gasteiger partial charge in [0.05, 0.1) is 5.69 Å². The summed E-state index contributed by atoms with van der Waals surface area (Å²) in [6.45, 7) is 4.41. The molecule has 1 saturated heterocycles. The van der Waals surface area contributed by atoms with Gasteiger partial charge in [-0.05, 0) is 72.8 Å². The number of rotatable bonds is 7. The molecule has 1 fully saturated rings. The first kappa shape index (κ1) is 20.7. The van der Waals surface area contributed by atoms with Crippen molar-refractivity contribution in [2.75, 3.05) is 25.0 Å². The van der Waals surface area contributed by atoms with Crippen LogP contribution in [0.1, 0.15) is 24.8 Å². The van der Waals surface area contributed by atoms with Crippen LogP contribution >= 0.6 is 0 Å². The van der Waals surface area contributed by atoms with Gasteiger partial charge in [0.2, 0.25) is 0 Å². The van der Waals surface area contributed by atoms with Crippen molar-refractivity contribution >= 4 is 16.6 Å². The largest absolute Gasteiger partial charge is 0.369 e. The topological polar surface area (TPSA) is 41.0 Å². The van der Waals surface area contributed by atoms with E-state index in [2.05, 4.69) is 99.3 Å². The summed E-state index contributed by atoms with van der Waals surface area (Å²) in [6.07, 6.45) is 3.75. The Morgan fingerprint density at radius 3 is 2.34 bits per heavy atom. The van der Waals surface area contributed by atoms with Crippen molar-refractivity contribution in [1.82, 2.24) is 15.1 Å². The van der Waals surface area contributed by atoms with E-state index < -0.39 is 0 Å². The summed E-state index contributed by atoms with van der Waals surface area (Å²) in [7, 11) is 0. The number of nitrogens with zero attached hydrogens (tertiary/aromatic N) is 3. The molecule has 0 radical (unpaired) electrons. The summed E-state index contributed by atoms with van der Waals surface area (Å²) in [6, 6.07) is 29.7. The first-order valence-electron chi connectivity index (χ1n) is 11.7. The first-order chi connectivity index (χ1) is 15.8. The van der Waals surface area contributed by atoms with Crippen molar-refractivity contribution in [2.24, 2.45) is 5.92 Å². The summed E-state index contributed by atoms with van der Waals surface area (Å²) in [4.78, 5) is 2.58. The number of benzene rings is 3. The van der Waals surface area contributed by atoms with E-state index >= 15 is 0 Å². The predicted octanol–water partition coefficient (Wildman–Crippen LogP) is 6.01. The molecule has 162 valence electrons. The highest BCUT2D eigenvalue weighted by atomic mass is 15.2. The average molecular weight is 423 g/mol. The molecular weight excluding hydrogens is 392 g/mol. The number of anilines is 1. The summed E-state index contributed by atoms with van der Waals surface area (Å²) in [5, 5.41) is 14.8. The summed E-state index contributed by atoms with van der Waals surface area (Å²) in [5.74, 6) is 1.65. The summed E-state index contributed by atoms with van der Waals surface area (Å²) < 4.78 is 0. The quantitative estimate of drug-likeness (QED) is 0.396. The van der Waals surface area contributed by atoms with Crippen molar-refractivity contribution in [1.29, 1.82) is 0 Å². The Hall–Kier alpha value is -3.24. The van der Waals surface area contributed by atoms with Gasteiger partial charge in [-0.2, -0.15) is 0 Å². The van der Waals surface area contributed by atoms with E-state index in [0.29, 0.717) is 0 Å². The summed E-state index contributed by atoms with van der Waals surface area (Å²) >= 11 is 0. The Morgan fingerprint density at radius 1 is 0.781 bits per heavy atom. The molecule has 1 N–H and O–H groups in total. The van der Waals surface area contributed by atoms with E-state index in [-0.39, 0.29) is 0 Å².